The Kier molecular flexibility index (Phi) is 5.39. The summed E-state index contributed by atoms with van der Waals surface area (Å²) in [7, 11) is 1.79. The lowest BCUT2D eigenvalue weighted by Crippen LogP contribution is -2.33. The fourth-order valence-corrected chi connectivity index (χ4v) is 4.53. The van der Waals surface area contributed by atoms with Crippen molar-refractivity contribution >= 4 is 10.9 Å². The molecule has 4 nitrogen and oxygen atoms in total. The van der Waals surface area contributed by atoms with Crippen molar-refractivity contribution in [3.63, 3.8) is 0 Å². The molecule has 2 aliphatic heterocycles. The molecule has 2 saturated heterocycles. The van der Waals surface area contributed by atoms with Gasteiger partial charge in [0.15, 0.2) is 0 Å². The Labute approximate surface area is 150 Å². The summed E-state index contributed by atoms with van der Waals surface area (Å²) in [6.45, 7) is 4.90. The molecule has 3 heterocycles. The monoisotopic (exact) mass is 342 g/mol. The molecule has 0 spiro atoms. The maximum atomic E-state index is 5.53. The summed E-state index contributed by atoms with van der Waals surface area (Å²) < 4.78 is 10.8. The normalized spacial score (nSPS) is 22.8. The van der Waals surface area contributed by atoms with Gasteiger partial charge in [-0.2, -0.15) is 0 Å². The van der Waals surface area contributed by atoms with E-state index in [1.807, 2.05) is 0 Å². The van der Waals surface area contributed by atoms with Crippen LogP contribution in [0.1, 0.15) is 42.7 Å². The van der Waals surface area contributed by atoms with Crippen molar-refractivity contribution in [1.82, 2.24) is 9.88 Å². The molecule has 1 aromatic heterocycles. The van der Waals surface area contributed by atoms with Gasteiger partial charge in [0.1, 0.15) is 0 Å². The minimum atomic E-state index is 0.654. The van der Waals surface area contributed by atoms with Crippen LogP contribution in [-0.2, 0) is 15.9 Å². The van der Waals surface area contributed by atoms with Crippen LogP contribution in [0.3, 0.4) is 0 Å². The topological polar surface area (TPSA) is 37.5 Å². The molecule has 0 unspecified atom stereocenters. The minimum absolute atomic E-state index is 0.654. The molecule has 1 aromatic carbocycles. The predicted molar refractivity (Wildman–Crippen MR) is 101 cm³/mol. The Hall–Kier alpha value is -1.36. The smallest absolute Gasteiger partial charge is 0.0589 e. The maximum absolute atomic E-state index is 5.53. The van der Waals surface area contributed by atoms with Gasteiger partial charge in [0.25, 0.3) is 0 Å². The fraction of sp³-hybridized carbons (Fsp3) is 0.619. The summed E-state index contributed by atoms with van der Waals surface area (Å²) in [5.74, 6) is 0.658. The van der Waals surface area contributed by atoms with Gasteiger partial charge >= 0.3 is 0 Å². The molecule has 0 aliphatic carbocycles. The standard InChI is InChI=1S/C21H30N2O2/c1-24-12-9-23-8-2-3-19(23)13-18-15-22-21-5-4-17(14-20(18)21)16-6-10-25-11-7-16/h4-5,14-16,19,22H,2-3,6-13H2,1H3/t19-/m1/s1. The van der Waals surface area contributed by atoms with E-state index >= 15 is 0 Å². The van der Waals surface area contributed by atoms with Gasteiger partial charge in [-0.05, 0) is 67.8 Å². The number of aromatic nitrogens is 1. The average molecular weight is 342 g/mol. The van der Waals surface area contributed by atoms with E-state index in [4.69, 9.17) is 9.47 Å². The van der Waals surface area contributed by atoms with Gasteiger partial charge < -0.3 is 14.5 Å². The van der Waals surface area contributed by atoms with Crippen molar-refractivity contribution in [3.05, 3.63) is 35.5 Å². The van der Waals surface area contributed by atoms with Gasteiger partial charge in [-0.25, -0.2) is 0 Å². The largest absolute Gasteiger partial charge is 0.383 e. The van der Waals surface area contributed by atoms with Crippen molar-refractivity contribution in [2.45, 2.75) is 44.1 Å². The van der Waals surface area contributed by atoms with Crippen LogP contribution in [0.4, 0.5) is 0 Å². The highest BCUT2D eigenvalue weighted by Gasteiger charge is 2.25. The van der Waals surface area contributed by atoms with E-state index < -0.39 is 0 Å². The Balaban J connectivity index is 1.53. The third-order valence-corrected chi connectivity index (χ3v) is 6.02. The molecular weight excluding hydrogens is 312 g/mol. The van der Waals surface area contributed by atoms with E-state index in [1.165, 1.54) is 41.4 Å². The highest BCUT2D eigenvalue weighted by molar-refractivity contribution is 5.84. The highest BCUT2D eigenvalue weighted by atomic mass is 16.5. The van der Waals surface area contributed by atoms with Gasteiger partial charge in [-0.15, -0.1) is 0 Å². The van der Waals surface area contributed by atoms with Crippen LogP contribution < -0.4 is 0 Å². The summed E-state index contributed by atoms with van der Waals surface area (Å²) in [6.07, 6.45) is 8.28. The number of H-pyrrole nitrogens is 1. The summed E-state index contributed by atoms with van der Waals surface area (Å²) >= 11 is 0. The van der Waals surface area contributed by atoms with E-state index in [-0.39, 0.29) is 0 Å². The van der Waals surface area contributed by atoms with Crippen LogP contribution in [0.2, 0.25) is 0 Å². The van der Waals surface area contributed by atoms with Gasteiger partial charge in [0, 0.05) is 50.0 Å². The first kappa shape index (κ1) is 17.1. The highest BCUT2D eigenvalue weighted by Crippen LogP contribution is 2.31. The van der Waals surface area contributed by atoms with Crippen LogP contribution in [0.25, 0.3) is 10.9 Å². The number of fused-ring (bicyclic) bond motifs is 1. The molecule has 25 heavy (non-hydrogen) atoms. The van der Waals surface area contributed by atoms with Gasteiger partial charge in [0.2, 0.25) is 0 Å². The second-order valence-corrected chi connectivity index (χ2v) is 7.53. The molecule has 0 radical (unpaired) electrons. The fourth-order valence-electron chi connectivity index (χ4n) is 4.53. The third kappa shape index (κ3) is 3.76. The lowest BCUT2D eigenvalue weighted by molar-refractivity contribution is 0.0853. The number of nitrogens with zero attached hydrogens (tertiary/aromatic N) is 1. The summed E-state index contributed by atoms with van der Waals surface area (Å²) in [5, 5.41) is 1.42. The summed E-state index contributed by atoms with van der Waals surface area (Å²) in [4.78, 5) is 6.08. The number of hydrogen-bond acceptors (Lipinski definition) is 3. The van der Waals surface area contributed by atoms with Crippen LogP contribution in [0.15, 0.2) is 24.4 Å². The Morgan fingerprint density at radius 2 is 2.12 bits per heavy atom. The van der Waals surface area contributed by atoms with E-state index in [0.717, 1.165) is 45.6 Å². The second kappa shape index (κ2) is 7.90. The Morgan fingerprint density at radius 3 is 2.96 bits per heavy atom. The van der Waals surface area contributed by atoms with Crippen molar-refractivity contribution in [1.29, 1.82) is 0 Å². The van der Waals surface area contributed by atoms with E-state index in [2.05, 4.69) is 34.3 Å². The lowest BCUT2D eigenvalue weighted by atomic mass is 9.90. The zero-order valence-corrected chi connectivity index (χ0v) is 15.3. The molecular formula is C21H30N2O2. The first-order valence-corrected chi connectivity index (χ1v) is 9.76. The van der Waals surface area contributed by atoms with Crippen molar-refractivity contribution in [2.75, 3.05) is 40.0 Å². The number of methoxy groups -OCH3 is 1. The van der Waals surface area contributed by atoms with Gasteiger partial charge in [0.05, 0.1) is 6.61 Å². The number of nitrogens with one attached hydrogen (secondary N) is 1. The quantitative estimate of drug-likeness (QED) is 0.869. The molecule has 136 valence electrons. The van der Waals surface area contributed by atoms with Crippen molar-refractivity contribution in [3.8, 4) is 0 Å². The predicted octanol–water partition coefficient (Wildman–Crippen LogP) is 3.72. The van der Waals surface area contributed by atoms with E-state index in [1.54, 1.807) is 7.11 Å². The molecule has 1 atom stereocenters. The Bertz CT molecular complexity index is 690. The molecule has 2 fully saturated rings. The number of hydrogen-bond donors (Lipinski definition) is 1. The zero-order chi connectivity index (χ0) is 17.1. The third-order valence-electron chi connectivity index (χ3n) is 6.02. The second-order valence-electron chi connectivity index (χ2n) is 7.53. The van der Waals surface area contributed by atoms with Crippen LogP contribution in [0, 0.1) is 0 Å². The average Bonchev–Trinajstić information content (AvgIpc) is 3.28. The molecule has 2 aromatic rings. The van der Waals surface area contributed by atoms with Crippen molar-refractivity contribution in [2.24, 2.45) is 0 Å². The van der Waals surface area contributed by atoms with Gasteiger partial charge in [-0.3, -0.25) is 4.90 Å². The molecule has 1 N–H and O–H groups in total. The molecule has 4 heteroatoms. The lowest BCUT2D eigenvalue weighted by Gasteiger charge is -2.24. The SMILES string of the molecule is COCCN1CCC[C@@H]1Cc1c[nH]c2ccc(C3CCOCC3)cc12. The number of benzene rings is 1. The van der Waals surface area contributed by atoms with Crippen LogP contribution >= 0.6 is 0 Å². The first-order chi connectivity index (χ1) is 12.3. The van der Waals surface area contributed by atoms with E-state index in [9.17, 15) is 0 Å². The van der Waals surface area contributed by atoms with Gasteiger partial charge in [-0.1, -0.05) is 6.07 Å². The molecule has 4 rings (SSSR count). The number of ether oxygens (including phenoxy) is 2. The summed E-state index contributed by atoms with van der Waals surface area (Å²) in [6, 6.07) is 7.66. The van der Waals surface area contributed by atoms with E-state index in [0.29, 0.717) is 12.0 Å². The maximum Gasteiger partial charge on any atom is 0.0589 e. The first-order valence-electron chi connectivity index (χ1n) is 9.76. The molecule has 0 saturated carbocycles. The Morgan fingerprint density at radius 1 is 1.24 bits per heavy atom. The molecule has 2 aliphatic rings. The molecule has 0 bridgehead atoms. The number of likely N-dealkylation sites (tertiary alicyclic amines) is 1. The van der Waals surface area contributed by atoms with Crippen molar-refractivity contribution < 1.29 is 9.47 Å². The van der Waals surface area contributed by atoms with Crippen LogP contribution in [0.5, 0.6) is 0 Å². The minimum Gasteiger partial charge on any atom is -0.383 e. The number of rotatable bonds is 6. The molecule has 0 amide bonds. The number of aromatic amines is 1. The zero-order valence-electron chi connectivity index (χ0n) is 15.3. The summed E-state index contributed by atoms with van der Waals surface area (Å²) in [5.41, 5.74) is 4.23. The van der Waals surface area contributed by atoms with Crippen LogP contribution in [-0.4, -0.2) is 55.9 Å².